The van der Waals surface area contributed by atoms with Gasteiger partial charge in [-0.05, 0) is 18.0 Å². The van der Waals surface area contributed by atoms with Crippen LogP contribution in [0.3, 0.4) is 0 Å². The van der Waals surface area contributed by atoms with Gasteiger partial charge in [0.25, 0.3) is 0 Å². The maximum absolute atomic E-state index is 11.3. The molecule has 1 aliphatic rings. The molecule has 0 unspecified atom stereocenters. The summed E-state index contributed by atoms with van der Waals surface area (Å²) in [4.78, 5) is 35.7. The van der Waals surface area contributed by atoms with Gasteiger partial charge >= 0.3 is 6.01 Å². The lowest BCUT2D eigenvalue weighted by molar-refractivity contribution is -0.130. The summed E-state index contributed by atoms with van der Waals surface area (Å²) >= 11 is 5.77. The van der Waals surface area contributed by atoms with Crippen LogP contribution < -0.4 is 15.0 Å². The monoisotopic (exact) mass is 285 g/mol. The molecule has 2 amide bonds. The molecule has 2 rings (SSSR count). The predicted octanol–water partition coefficient (Wildman–Crippen LogP) is -0.223. The molecule has 0 saturated carbocycles. The van der Waals surface area contributed by atoms with E-state index >= 15 is 0 Å². The first kappa shape index (κ1) is 13.5. The van der Waals surface area contributed by atoms with Gasteiger partial charge in [0.2, 0.25) is 23.0 Å². The highest BCUT2D eigenvalue weighted by molar-refractivity contribution is 6.28. The zero-order valence-electron chi connectivity index (χ0n) is 10.2. The number of aromatic nitrogens is 3. The molecule has 8 nitrogen and oxygen atoms in total. The first-order valence-corrected chi connectivity index (χ1v) is 6.08. The molecule has 1 N–H and O–H groups in total. The van der Waals surface area contributed by atoms with E-state index < -0.39 is 11.8 Å². The van der Waals surface area contributed by atoms with Crippen molar-refractivity contribution in [3.8, 4) is 6.01 Å². The standard InChI is InChI=1S/C10H12ClN5O3/c1-2-3-19-10-14-8(11)13-9(15-10)16-4-6(17)12-7(18)5-16/h2-5H2,1H3,(H,12,17,18). The molecule has 1 aliphatic heterocycles. The van der Waals surface area contributed by atoms with Crippen LogP contribution in [-0.4, -0.2) is 46.5 Å². The number of carbonyl (C=O) groups is 2. The average Bonchev–Trinajstić information content (AvgIpc) is 2.34. The molecule has 0 spiro atoms. The summed E-state index contributed by atoms with van der Waals surface area (Å²) in [6, 6.07) is 0.0790. The molecule has 2 heterocycles. The Morgan fingerprint density at radius 1 is 1.26 bits per heavy atom. The fraction of sp³-hybridized carbons (Fsp3) is 0.500. The molecule has 1 fully saturated rings. The van der Waals surface area contributed by atoms with Crippen molar-refractivity contribution in [2.75, 3.05) is 24.6 Å². The van der Waals surface area contributed by atoms with E-state index in [1.807, 2.05) is 6.92 Å². The Labute approximate surface area is 114 Å². The van der Waals surface area contributed by atoms with Gasteiger partial charge in [-0.15, -0.1) is 0 Å². The number of hydrogen-bond donors (Lipinski definition) is 1. The van der Waals surface area contributed by atoms with Crippen molar-refractivity contribution >= 4 is 29.4 Å². The summed E-state index contributed by atoms with van der Waals surface area (Å²) in [6.45, 7) is 2.36. The van der Waals surface area contributed by atoms with Gasteiger partial charge in [0.15, 0.2) is 0 Å². The van der Waals surface area contributed by atoms with Gasteiger partial charge in [0, 0.05) is 0 Å². The van der Waals surface area contributed by atoms with E-state index in [1.165, 1.54) is 4.90 Å². The predicted molar refractivity (Wildman–Crippen MR) is 66.0 cm³/mol. The number of halogens is 1. The Balaban J connectivity index is 2.21. The van der Waals surface area contributed by atoms with E-state index in [9.17, 15) is 9.59 Å². The van der Waals surface area contributed by atoms with Gasteiger partial charge < -0.3 is 9.64 Å². The smallest absolute Gasteiger partial charge is 0.322 e. The summed E-state index contributed by atoms with van der Waals surface area (Å²) in [6.07, 6.45) is 0.795. The molecule has 102 valence electrons. The number of carbonyl (C=O) groups excluding carboxylic acids is 2. The molecule has 1 aromatic heterocycles. The average molecular weight is 286 g/mol. The number of rotatable bonds is 4. The van der Waals surface area contributed by atoms with E-state index in [0.29, 0.717) is 6.61 Å². The molecule has 0 atom stereocenters. The zero-order valence-corrected chi connectivity index (χ0v) is 11.0. The molecule has 1 aromatic rings. The summed E-state index contributed by atoms with van der Waals surface area (Å²) in [5.41, 5.74) is 0. The van der Waals surface area contributed by atoms with Crippen LogP contribution in [0.15, 0.2) is 0 Å². The molecular weight excluding hydrogens is 274 g/mol. The lowest BCUT2D eigenvalue weighted by Crippen LogP contribution is -2.52. The molecule has 0 aliphatic carbocycles. The second-order valence-corrected chi connectivity index (χ2v) is 4.20. The van der Waals surface area contributed by atoms with Crippen LogP contribution in [0.5, 0.6) is 6.01 Å². The Kier molecular flexibility index (Phi) is 4.10. The Morgan fingerprint density at radius 2 is 1.95 bits per heavy atom. The highest BCUT2D eigenvalue weighted by Crippen LogP contribution is 2.16. The minimum atomic E-state index is -0.413. The number of imide groups is 1. The number of nitrogens with one attached hydrogen (secondary N) is 1. The summed E-state index contributed by atoms with van der Waals surface area (Å²) in [5.74, 6) is -0.679. The van der Waals surface area contributed by atoms with E-state index in [4.69, 9.17) is 16.3 Å². The van der Waals surface area contributed by atoms with Crippen molar-refractivity contribution in [1.82, 2.24) is 20.3 Å². The van der Waals surface area contributed by atoms with Crippen LogP contribution in [-0.2, 0) is 9.59 Å². The highest BCUT2D eigenvalue weighted by Gasteiger charge is 2.25. The second-order valence-electron chi connectivity index (χ2n) is 3.86. The van der Waals surface area contributed by atoms with Crippen LogP contribution in [0.25, 0.3) is 0 Å². The second kappa shape index (κ2) is 5.79. The van der Waals surface area contributed by atoms with E-state index in [-0.39, 0.29) is 30.3 Å². The quantitative estimate of drug-likeness (QED) is 0.764. The third kappa shape index (κ3) is 3.50. The van der Waals surface area contributed by atoms with Gasteiger partial charge in [0.05, 0.1) is 6.61 Å². The van der Waals surface area contributed by atoms with Crippen LogP contribution in [0, 0.1) is 0 Å². The first-order valence-electron chi connectivity index (χ1n) is 5.70. The Hall–Kier alpha value is -1.96. The molecule has 0 aromatic carbocycles. The number of piperazine rings is 1. The van der Waals surface area contributed by atoms with Crippen LogP contribution in [0.2, 0.25) is 5.28 Å². The summed E-state index contributed by atoms with van der Waals surface area (Å²) in [7, 11) is 0. The minimum Gasteiger partial charge on any atom is -0.463 e. The van der Waals surface area contributed by atoms with Gasteiger partial charge in [-0.2, -0.15) is 15.0 Å². The number of hydrogen-bond acceptors (Lipinski definition) is 7. The van der Waals surface area contributed by atoms with Crippen LogP contribution in [0.4, 0.5) is 5.95 Å². The summed E-state index contributed by atoms with van der Waals surface area (Å²) in [5, 5.41) is 2.14. The van der Waals surface area contributed by atoms with Gasteiger partial charge in [-0.25, -0.2) is 0 Å². The van der Waals surface area contributed by atoms with E-state index in [0.717, 1.165) is 6.42 Å². The topological polar surface area (TPSA) is 97.3 Å². The molecule has 1 saturated heterocycles. The largest absolute Gasteiger partial charge is 0.463 e. The Morgan fingerprint density at radius 3 is 2.58 bits per heavy atom. The number of amides is 2. The third-order valence-corrected chi connectivity index (χ3v) is 2.41. The molecular formula is C10H12ClN5O3. The van der Waals surface area contributed by atoms with E-state index in [2.05, 4.69) is 20.3 Å². The number of anilines is 1. The Bertz CT molecular complexity index is 494. The van der Waals surface area contributed by atoms with E-state index in [1.54, 1.807) is 0 Å². The molecule has 0 radical (unpaired) electrons. The fourth-order valence-corrected chi connectivity index (χ4v) is 1.65. The van der Waals surface area contributed by atoms with Crippen molar-refractivity contribution in [2.45, 2.75) is 13.3 Å². The van der Waals surface area contributed by atoms with Crippen LogP contribution >= 0.6 is 11.6 Å². The molecule has 19 heavy (non-hydrogen) atoms. The maximum atomic E-state index is 11.3. The van der Waals surface area contributed by atoms with Crippen molar-refractivity contribution in [1.29, 1.82) is 0 Å². The van der Waals surface area contributed by atoms with Crippen molar-refractivity contribution < 1.29 is 14.3 Å². The van der Waals surface area contributed by atoms with Gasteiger partial charge in [-0.1, -0.05) is 6.92 Å². The van der Waals surface area contributed by atoms with Crippen molar-refractivity contribution in [3.05, 3.63) is 5.28 Å². The van der Waals surface area contributed by atoms with Crippen LogP contribution in [0.1, 0.15) is 13.3 Å². The van der Waals surface area contributed by atoms with Crippen molar-refractivity contribution in [3.63, 3.8) is 0 Å². The van der Waals surface area contributed by atoms with Gasteiger partial charge in [-0.3, -0.25) is 14.9 Å². The lowest BCUT2D eigenvalue weighted by atomic mass is 10.3. The van der Waals surface area contributed by atoms with Gasteiger partial charge in [0.1, 0.15) is 13.1 Å². The molecule has 9 heteroatoms. The number of nitrogens with zero attached hydrogens (tertiary/aromatic N) is 4. The number of ether oxygens (including phenoxy) is 1. The summed E-state index contributed by atoms with van der Waals surface area (Å²) < 4.78 is 5.26. The maximum Gasteiger partial charge on any atom is 0.322 e. The fourth-order valence-electron chi connectivity index (χ4n) is 1.50. The highest BCUT2D eigenvalue weighted by atomic mass is 35.5. The third-order valence-electron chi connectivity index (χ3n) is 2.24. The SMILES string of the molecule is CCCOc1nc(Cl)nc(N2CC(=O)NC(=O)C2)n1. The minimum absolute atomic E-state index is 0.0146. The first-order chi connectivity index (χ1) is 9.08. The van der Waals surface area contributed by atoms with Crippen molar-refractivity contribution in [2.24, 2.45) is 0 Å². The normalized spacial score (nSPS) is 15.4. The zero-order chi connectivity index (χ0) is 13.8. The molecule has 0 bridgehead atoms. The lowest BCUT2D eigenvalue weighted by Gasteiger charge is -2.25.